The Morgan fingerprint density at radius 3 is 2.36 bits per heavy atom. The lowest BCUT2D eigenvalue weighted by molar-refractivity contribution is -0.137. The molecule has 1 nitrogen and oxygen atoms in total. The van der Waals surface area contributed by atoms with Crippen molar-refractivity contribution in [1.82, 2.24) is 4.98 Å². The van der Waals surface area contributed by atoms with Gasteiger partial charge in [-0.25, -0.2) is 0 Å². The summed E-state index contributed by atoms with van der Waals surface area (Å²) in [5.41, 5.74) is 0.0186. The maximum Gasteiger partial charge on any atom is 0.417 e. The molecule has 0 N–H and O–H groups in total. The van der Waals surface area contributed by atoms with Crippen LogP contribution in [0.15, 0.2) is 18.3 Å². The third kappa shape index (κ3) is 2.47. The van der Waals surface area contributed by atoms with Gasteiger partial charge in [-0.3, -0.25) is 4.98 Å². The summed E-state index contributed by atoms with van der Waals surface area (Å²) >= 11 is 0. The lowest BCUT2D eigenvalue weighted by Crippen LogP contribution is -2.06. The van der Waals surface area contributed by atoms with Crippen LogP contribution in [0.25, 0.3) is 0 Å². The van der Waals surface area contributed by atoms with E-state index in [-0.39, 0.29) is 5.92 Å². The van der Waals surface area contributed by atoms with Crippen molar-refractivity contribution in [1.29, 1.82) is 0 Å². The molecule has 0 saturated carbocycles. The first-order chi connectivity index (χ1) is 6.45. The van der Waals surface area contributed by atoms with Crippen molar-refractivity contribution >= 4 is 0 Å². The van der Waals surface area contributed by atoms with E-state index < -0.39 is 11.7 Å². The van der Waals surface area contributed by atoms with Crippen molar-refractivity contribution in [3.05, 3.63) is 29.6 Å². The maximum atomic E-state index is 12.2. The fraction of sp³-hybridized carbons (Fsp3) is 0.500. The minimum atomic E-state index is -4.29. The van der Waals surface area contributed by atoms with Crippen LogP contribution in [0.3, 0.4) is 0 Å². The van der Waals surface area contributed by atoms with E-state index in [1.807, 2.05) is 13.8 Å². The molecule has 1 aromatic rings. The first-order valence-corrected chi connectivity index (χ1v) is 4.48. The first kappa shape index (κ1) is 11.0. The van der Waals surface area contributed by atoms with Gasteiger partial charge in [-0.05, 0) is 24.5 Å². The highest BCUT2D eigenvalue weighted by atomic mass is 19.4. The number of hydrogen-bond acceptors (Lipinski definition) is 1. The maximum absolute atomic E-state index is 12.2. The van der Waals surface area contributed by atoms with E-state index in [4.69, 9.17) is 0 Å². The Balaban J connectivity index is 2.89. The molecule has 0 aliphatic carbocycles. The SMILES string of the molecule is CC[C@@H](C)c1ccc(C(F)(F)F)cn1. The molecule has 0 radical (unpaired) electrons. The normalized spacial score (nSPS) is 14.1. The van der Waals surface area contributed by atoms with E-state index in [0.717, 1.165) is 18.7 Å². The Hall–Kier alpha value is -1.06. The van der Waals surface area contributed by atoms with Gasteiger partial charge in [0.05, 0.1) is 5.56 Å². The van der Waals surface area contributed by atoms with E-state index in [0.29, 0.717) is 5.69 Å². The van der Waals surface area contributed by atoms with Gasteiger partial charge in [-0.1, -0.05) is 13.8 Å². The fourth-order valence-corrected chi connectivity index (χ4v) is 1.07. The summed E-state index contributed by atoms with van der Waals surface area (Å²) in [5, 5.41) is 0. The molecule has 14 heavy (non-hydrogen) atoms. The molecule has 1 heterocycles. The van der Waals surface area contributed by atoms with Gasteiger partial charge in [0.1, 0.15) is 0 Å². The van der Waals surface area contributed by atoms with Crippen LogP contribution in [0, 0.1) is 0 Å². The predicted molar refractivity (Wildman–Crippen MR) is 47.9 cm³/mol. The largest absolute Gasteiger partial charge is 0.417 e. The van der Waals surface area contributed by atoms with Gasteiger partial charge in [0.25, 0.3) is 0 Å². The zero-order valence-electron chi connectivity index (χ0n) is 8.10. The number of aromatic nitrogens is 1. The van der Waals surface area contributed by atoms with Crippen molar-refractivity contribution in [3.63, 3.8) is 0 Å². The Labute approximate surface area is 81.0 Å². The van der Waals surface area contributed by atoms with Crippen molar-refractivity contribution in [3.8, 4) is 0 Å². The minimum Gasteiger partial charge on any atom is -0.260 e. The molecule has 4 heteroatoms. The summed E-state index contributed by atoms with van der Waals surface area (Å²) in [5.74, 6) is 0.206. The molecule has 0 spiro atoms. The molecule has 1 rings (SSSR count). The van der Waals surface area contributed by atoms with E-state index in [1.54, 1.807) is 0 Å². The van der Waals surface area contributed by atoms with Crippen LogP contribution in [0.1, 0.15) is 37.4 Å². The molecule has 0 saturated heterocycles. The van der Waals surface area contributed by atoms with Crippen LogP contribution < -0.4 is 0 Å². The molecule has 0 aromatic carbocycles. The molecule has 0 fully saturated rings. The van der Waals surface area contributed by atoms with Crippen molar-refractivity contribution < 1.29 is 13.2 Å². The molecule has 0 amide bonds. The zero-order chi connectivity index (χ0) is 10.8. The summed E-state index contributed by atoms with van der Waals surface area (Å²) in [6, 6.07) is 2.52. The molecule has 1 atom stereocenters. The lowest BCUT2D eigenvalue weighted by Gasteiger charge is -2.10. The number of pyridine rings is 1. The first-order valence-electron chi connectivity index (χ1n) is 4.48. The third-order valence-electron chi connectivity index (χ3n) is 2.23. The quantitative estimate of drug-likeness (QED) is 0.715. The van der Waals surface area contributed by atoms with Gasteiger partial charge in [0, 0.05) is 11.9 Å². The minimum absolute atomic E-state index is 0.206. The molecule has 78 valence electrons. The summed E-state index contributed by atoms with van der Waals surface area (Å²) in [6.07, 6.45) is -2.53. The lowest BCUT2D eigenvalue weighted by atomic mass is 10.0. The van der Waals surface area contributed by atoms with Gasteiger partial charge >= 0.3 is 6.18 Å². The highest BCUT2D eigenvalue weighted by molar-refractivity contribution is 5.18. The Kier molecular flexibility index (Phi) is 3.13. The number of alkyl halides is 3. The number of hydrogen-bond donors (Lipinski definition) is 0. The Bertz CT molecular complexity index is 289. The highest BCUT2D eigenvalue weighted by Gasteiger charge is 2.30. The highest BCUT2D eigenvalue weighted by Crippen LogP contribution is 2.29. The average Bonchev–Trinajstić information content (AvgIpc) is 2.15. The van der Waals surface area contributed by atoms with Gasteiger partial charge < -0.3 is 0 Å². The number of nitrogens with zero attached hydrogens (tertiary/aromatic N) is 1. The summed E-state index contributed by atoms with van der Waals surface area (Å²) in [6.45, 7) is 3.92. The second-order valence-corrected chi connectivity index (χ2v) is 3.28. The molecule has 0 aliphatic rings. The number of halogens is 3. The van der Waals surface area contributed by atoms with Gasteiger partial charge in [0.2, 0.25) is 0 Å². The fourth-order valence-electron chi connectivity index (χ4n) is 1.07. The van der Waals surface area contributed by atoms with Gasteiger partial charge in [-0.2, -0.15) is 13.2 Å². The predicted octanol–water partition coefficient (Wildman–Crippen LogP) is 3.61. The summed E-state index contributed by atoms with van der Waals surface area (Å²) < 4.78 is 36.5. The molecule has 0 aliphatic heterocycles. The van der Waals surface area contributed by atoms with E-state index >= 15 is 0 Å². The number of rotatable bonds is 2. The topological polar surface area (TPSA) is 12.9 Å². The summed E-state index contributed by atoms with van der Waals surface area (Å²) in [7, 11) is 0. The second-order valence-electron chi connectivity index (χ2n) is 3.28. The second kappa shape index (κ2) is 3.98. The van der Waals surface area contributed by atoms with Crippen molar-refractivity contribution in [2.24, 2.45) is 0 Å². The van der Waals surface area contributed by atoms with Crippen LogP contribution in [-0.4, -0.2) is 4.98 Å². The van der Waals surface area contributed by atoms with Crippen molar-refractivity contribution in [2.45, 2.75) is 32.4 Å². The Morgan fingerprint density at radius 2 is 2.00 bits per heavy atom. The molecule has 0 bridgehead atoms. The van der Waals surface area contributed by atoms with E-state index in [2.05, 4.69) is 4.98 Å². The average molecular weight is 203 g/mol. The van der Waals surface area contributed by atoms with Crippen LogP contribution in [0.2, 0.25) is 0 Å². The van der Waals surface area contributed by atoms with Crippen LogP contribution in [-0.2, 0) is 6.18 Å². The molecular formula is C10H12F3N. The third-order valence-corrected chi connectivity index (χ3v) is 2.23. The van der Waals surface area contributed by atoms with E-state index in [1.165, 1.54) is 6.07 Å². The molecular weight excluding hydrogens is 191 g/mol. The van der Waals surface area contributed by atoms with Crippen molar-refractivity contribution in [2.75, 3.05) is 0 Å². The van der Waals surface area contributed by atoms with Gasteiger partial charge in [0.15, 0.2) is 0 Å². The van der Waals surface area contributed by atoms with E-state index in [9.17, 15) is 13.2 Å². The van der Waals surface area contributed by atoms with Crippen LogP contribution >= 0.6 is 0 Å². The Morgan fingerprint density at radius 1 is 1.36 bits per heavy atom. The zero-order valence-corrected chi connectivity index (χ0v) is 8.10. The van der Waals surface area contributed by atoms with Crippen LogP contribution in [0.4, 0.5) is 13.2 Å². The molecule has 1 aromatic heterocycles. The standard InChI is InChI=1S/C10H12F3N/c1-3-7(2)9-5-4-8(6-14-9)10(11,12)13/h4-7H,3H2,1-2H3/t7-/m1/s1. The smallest absolute Gasteiger partial charge is 0.260 e. The molecule has 0 unspecified atom stereocenters. The van der Waals surface area contributed by atoms with Crippen LogP contribution in [0.5, 0.6) is 0 Å². The van der Waals surface area contributed by atoms with Gasteiger partial charge in [-0.15, -0.1) is 0 Å². The monoisotopic (exact) mass is 203 g/mol. The summed E-state index contributed by atoms with van der Waals surface area (Å²) in [4.78, 5) is 3.80.